The van der Waals surface area contributed by atoms with Crippen LogP contribution in [0.3, 0.4) is 0 Å². The van der Waals surface area contributed by atoms with E-state index in [0.717, 1.165) is 12.1 Å². The van der Waals surface area contributed by atoms with Gasteiger partial charge in [-0.25, -0.2) is 0 Å². The summed E-state index contributed by atoms with van der Waals surface area (Å²) in [6.45, 7) is 6.24. The van der Waals surface area contributed by atoms with Gasteiger partial charge < -0.3 is 25.6 Å². The minimum Gasteiger partial charge on any atom is -0.378 e. The monoisotopic (exact) mass is 438 g/mol. The number of carbonyl (C=O) groups excluding carboxylic acids is 3. The fourth-order valence-corrected chi connectivity index (χ4v) is 3.22. The first kappa shape index (κ1) is 23.3. The van der Waals surface area contributed by atoms with Crippen LogP contribution in [-0.4, -0.2) is 61.5 Å². The highest BCUT2D eigenvalue weighted by atomic mass is 16.5. The SMILES string of the molecule is CCC(C)NC(=O)c1ccc(NCC(=O)Nc2cccc(C(=O)N3CCOCC3)c2)cc1. The van der Waals surface area contributed by atoms with Crippen LogP contribution in [0.5, 0.6) is 0 Å². The molecule has 32 heavy (non-hydrogen) atoms. The van der Waals surface area contributed by atoms with E-state index in [-0.39, 0.29) is 30.3 Å². The number of hydrogen-bond acceptors (Lipinski definition) is 5. The molecule has 8 nitrogen and oxygen atoms in total. The summed E-state index contributed by atoms with van der Waals surface area (Å²) in [5.74, 6) is -0.422. The standard InChI is InChI=1S/C24H30N4O4/c1-3-17(2)26-23(30)18-7-9-20(10-8-18)25-16-22(29)27-21-6-4-5-19(15-21)24(31)28-11-13-32-14-12-28/h4-10,15,17,25H,3,11-14,16H2,1-2H3,(H,26,30)(H,27,29). The summed E-state index contributed by atoms with van der Waals surface area (Å²) in [6.07, 6.45) is 0.866. The number of benzene rings is 2. The van der Waals surface area contributed by atoms with Crippen molar-refractivity contribution < 1.29 is 19.1 Å². The van der Waals surface area contributed by atoms with Gasteiger partial charge in [-0.2, -0.15) is 0 Å². The van der Waals surface area contributed by atoms with E-state index in [2.05, 4.69) is 16.0 Å². The number of amides is 3. The average Bonchev–Trinajstić information content (AvgIpc) is 2.83. The normalized spacial score (nSPS) is 14.4. The van der Waals surface area contributed by atoms with E-state index in [1.807, 2.05) is 13.8 Å². The van der Waals surface area contributed by atoms with Crippen LogP contribution in [0, 0.1) is 0 Å². The first-order valence-corrected chi connectivity index (χ1v) is 10.9. The second-order valence-electron chi connectivity index (χ2n) is 7.75. The fraction of sp³-hybridized carbons (Fsp3) is 0.375. The van der Waals surface area contributed by atoms with E-state index in [9.17, 15) is 14.4 Å². The first-order chi connectivity index (χ1) is 15.5. The van der Waals surface area contributed by atoms with Crippen molar-refractivity contribution in [2.45, 2.75) is 26.3 Å². The second kappa shape index (κ2) is 11.3. The van der Waals surface area contributed by atoms with Crippen LogP contribution in [0.2, 0.25) is 0 Å². The molecule has 0 aliphatic carbocycles. The van der Waals surface area contributed by atoms with Crippen molar-refractivity contribution >= 4 is 29.1 Å². The van der Waals surface area contributed by atoms with Crippen LogP contribution < -0.4 is 16.0 Å². The Bertz CT molecular complexity index is 939. The molecule has 1 heterocycles. The fourth-order valence-electron chi connectivity index (χ4n) is 3.22. The lowest BCUT2D eigenvalue weighted by molar-refractivity contribution is -0.114. The zero-order valence-electron chi connectivity index (χ0n) is 18.5. The molecule has 8 heteroatoms. The molecule has 0 saturated carbocycles. The number of rotatable bonds is 8. The molecule has 1 saturated heterocycles. The maximum Gasteiger partial charge on any atom is 0.254 e. The van der Waals surface area contributed by atoms with Crippen LogP contribution >= 0.6 is 0 Å². The predicted octanol–water partition coefficient (Wildman–Crippen LogP) is 2.74. The van der Waals surface area contributed by atoms with Gasteiger partial charge in [0.1, 0.15) is 0 Å². The minimum atomic E-state index is -0.237. The molecule has 0 spiro atoms. The summed E-state index contributed by atoms with van der Waals surface area (Å²) in [5.41, 5.74) is 2.40. The third kappa shape index (κ3) is 6.55. The lowest BCUT2D eigenvalue weighted by Crippen LogP contribution is -2.40. The van der Waals surface area contributed by atoms with Crippen LogP contribution in [0.25, 0.3) is 0 Å². The number of hydrogen-bond donors (Lipinski definition) is 3. The quantitative estimate of drug-likeness (QED) is 0.589. The van der Waals surface area contributed by atoms with Gasteiger partial charge >= 0.3 is 0 Å². The molecule has 1 unspecified atom stereocenters. The molecule has 170 valence electrons. The van der Waals surface area contributed by atoms with Crippen molar-refractivity contribution in [2.75, 3.05) is 43.5 Å². The van der Waals surface area contributed by atoms with E-state index in [1.165, 1.54) is 0 Å². The van der Waals surface area contributed by atoms with E-state index in [4.69, 9.17) is 4.74 Å². The van der Waals surface area contributed by atoms with Crippen molar-refractivity contribution in [3.05, 3.63) is 59.7 Å². The number of morpholine rings is 1. The molecular weight excluding hydrogens is 408 g/mol. The zero-order valence-corrected chi connectivity index (χ0v) is 18.5. The Morgan fingerprint density at radius 3 is 2.41 bits per heavy atom. The van der Waals surface area contributed by atoms with Gasteiger partial charge in [0, 0.05) is 41.6 Å². The molecule has 0 bridgehead atoms. The summed E-state index contributed by atoms with van der Waals surface area (Å²) in [4.78, 5) is 38.9. The Balaban J connectivity index is 1.50. The van der Waals surface area contributed by atoms with Crippen LogP contribution in [0.4, 0.5) is 11.4 Å². The topological polar surface area (TPSA) is 99.8 Å². The minimum absolute atomic E-state index is 0.0556. The second-order valence-corrected chi connectivity index (χ2v) is 7.75. The van der Waals surface area contributed by atoms with Gasteiger partial charge in [0.15, 0.2) is 0 Å². The highest BCUT2D eigenvalue weighted by Crippen LogP contribution is 2.14. The molecule has 1 aliphatic rings. The molecule has 1 aliphatic heterocycles. The smallest absolute Gasteiger partial charge is 0.254 e. The Labute approximate surface area is 188 Å². The summed E-state index contributed by atoms with van der Waals surface area (Å²) in [7, 11) is 0. The number of carbonyl (C=O) groups is 3. The molecule has 2 aromatic rings. The van der Waals surface area contributed by atoms with Gasteiger partial charge in [-0.1, -0.05) is 13.0 Å². The molecular formula is C24H30N4O4. The van der Waals surface area contributed by atoms with Crippen molar-refractivity contribution in [2.24, 2.45) is 0 Å². The summed E-state index contributed by atoms with van der Waals surface area (Å²) in [5, 5.41) is 8.77. The Morgan fingerprint density at radius 1 is 1.00 bits per heavy atom. The number of nitrogens with one attached hydrogen (secondary N) is 3. The summed E-state index contributed by atoms with van der Waals surface area (Å²) >= 11 is 0. The number of anilines is 2. The van der Waals surface area contributed by atoms with E-state index in [0.29, 0.717) is 43.1 Å². The summed E-state index contributed by atoms with van der Waals surface area (Å²) < 4.78 is 5.29. The van der Waals surface area contributed by atoms with Crippen molar-refractivity contribution in [1.82, 2.24) is 10.2 Å². The van der Waals surface area contributed by atoms with E-state index < -0.39 is 0 Å². The van der Waals surface area contributed by atoms with Gasteiger partial charge in [0.05, 0.1) is 19.8 Å². The van der Waals surface area contributed by atoms with Gasteiger partial charge in [0.25, 0.3) is 11.8 Å². The molecule has 1 atom stereocenters. The molecule has 2 aromatic carbocycles. The van der Waals surface area contributed by atoms with Crippen molar-refractivity contribution in [1.29, 1.82) is 0 Å². The lowest BCUT2D eigenvalue weighted by atomic mass is 10.1. The van der Waals surface area contributed by atoms with E-state index >= 15 is 0 Å². The number of ether oxygens (including phenoxy) is 1. The van der Waals surface area contributed by atoms with Crippen LogP contribution in [0.15, 0.2) is 48.5 Å². The average molecular weight is 439 g/mol. The summed E-state index contributed by atoms with van der Waals surface area (Å²) in [6, 6.07) is 14.0. The molecule has 0 aromatic heterocycles. The van der Waals surface area contributed by atoms with Crippen molar-refractivity contribution in [3.8, 4) is 0 Å². The third-order valence-corrected chi connectivity index (χ3v) is 5.28. The predicted molar refractivity (Wildman–Crippen MR) is 124 cm³/mol. The maximum atomic E-state index is 12.6. The van der Waals surface area contributed by atoms with Gasteiger partial charge in [-0.15, -0.1) is 0 Å². The zero-order chi connectivity index (χ0) is 22.9. The molecule has 3 N–H and O–H groups in total. The van der Waals surface area contributed by atoms with Gasteiger partial charge in [0.2, 0.25) is 5.91 Å². The molecule has 1 fully saturated rings. The third-order valence-electron chi connectivity index (χ3n) is 5.28. The van der Waals surface area contributed by atoms with Crippen LogP contribution in [-0.2, 0) is 9.53 Å². The first-order valence-electron chi connectivity index (χ1n) is 10.9. The maximum absolute atomic E-state index is 12.6. The highest BCUT2D eigenvalue weighted by molar-refractivity contribution is 5.98. The molecule has 3 rings (SSSR count). The van der Waals surface area contributed by atoms with Crippen LogP contribution in [0.1, 0.15) is 41.0 Å². The van der Waals surface area contributed by atoms with Gasteiger partial charge in [-0.05, 0) is 55.8 Å². The lowest BCUT2D eigenvalue weighted by Gasteiger charge is -2.27. The molecule has 0 radical (unpaired) electrons. The highest BCUT2D eigenvalue weighted by Gasteiger charge is 2.18. The number of nitrogens with zero attached hydrogens (tertiary/aromatic N) is 1. The Hall–Kier alpha value is -3.39. The van der Waals surface area contributed by atoms with E-state index in [1.54, 1.807) is 53.4 Å². The van der Waals surface area contributed by atoms with Crippen molar-refractivity contribution in [3.63, 3.8) is 0 Å². The largest absolute Gasteiger partial charge is 0.378 e. The Morgan fingerprint density at radius 2 is 1.72 bits per heavy atom. The molecule has 3 amide bonds. The Kier molecular flexibility index (Phi) is 8.21. The van der Waals surface area contributed by atoms with Gasteiger partial charge in [-0.3, -0.25) is 14.4 Å².